The third-order valence-electron chi connectivity index (χ3n) is 5.14. The van der Waals surface area contributed by atoms with Crippen LogP contribution < -0.4 is 15.8 Å². The van der Waals surface area contributed by atoms with Crippen LogP contribution in [0.15, 0.2) is 66.7 Å². The van der Waals surface area contributed by atoms with Gasteiger partial charge in [-0.1, -0.05) is 24.3 Å². The number of ether oxygens (including phenoxy) is 1. The molecule has 0 atom stereocenters. The number of benzene rings is 3. The van der Waals surface area contributed by atoms with Gasteiger partial charge in [0.2, 0.25) is 5.91 Å². The van der Waals surface area contributed by atoms with Crippen LogP contribution in [0, 0.1) is 11.6 Å². The first-order valence-corrected chi connectivity index (χ1v) is 10.8. The van der Waals surface area contributed by atoms with Gasteiger partial charge in [0.25, 0.3) is 5.91 Å². The fourth-order valence-electron chi connectivity index (χ4n) is 3.50. The number of nitrogens with two attached hydrogens (primary N) is 1. The third-order valence-corrected chi connectivity index (χ3v) is 5.14. The Balaban J connectivity index is 1.70. The van der Waals surface area contributed by atoms with Crippen molar-refractivity contribution in [1.29, 1.82) is 0 Å². The van der Waals surface area contributed by atoms with Crippen LogP contribution in [0.2, 0.25) is 0 Å². The van der Waals surface area contributed by atoms with Crippen molar-refractivity contribution in [3.05, 3.63) is 95.1 Å². The van der Waals surface area contributed by atoms with Crippen LogP contribution in [0.3, 0.4) is 0 Å². The Morgan fingerprint density at radius 3 is 2.32 bits per heavy atom. The highest BCUT2D eigenvalue weighted by Crippen LogP contribution is 2.18. The molecule has 8 heteroatoms. The van der Waals surface area contributed by atoms with Gasteiger partial charge in [-0.2, -0.15) is 0 Å². The number of nitrogens with one attached hydrogen (secondary N) is 1. The smallest absolute Gasteiger partial charge is 0.254 e. The first kappa shape index (κ1) is 24.9. The van der Waals surface area contributed by atoms with E-state index in [4.69, 9.17) is 10.5 Å². The summed E-state index contributed by atoms with van der Waals surface area (Å²) in [6.45, 7) is 0.878. The Hall–Kier alpha value is -3.78. The highest BCUT2D eigenvalue weighted by molar-refractivity contribution is 5.94. The molecule has 0 unspecified atom stereocenters. The number of amides is 2. The van der Waals surface area contributed by atoms with Crippen LogP contribution >= 0.6 is 0 Å². The van der Waals surface area contributed by atoms with Crippen molar-refractivity contribution in [2.24, 2.45) is 5.73 Å². The molecule has 0 bridgehead atoms. The zero-order valence-corrected chi connectivity index (χ0v) is 18.9. The van der Waals surface area contributed by atoms with E-state index >= 15 is 0 Å². The number of hydrogen-bond donors (Lipinski definition) is 2. The molecule has 34 heavy (non-hydrogen) atoms. The zero-order valence-electron chi connectivity index (χ0n) is 18.9. The quantitative estimate of drug-likeness (QED) is 0.469. The number of carbonyl (C=O) groups is 2. The van der Waals surface area contributed by atoms with E-state index in [2.05, 4.69) is 5.32 Å². The van der Waals surface area contributed by atoms with Gasteiger partial charge >= 0.3 is 0 Å². The van der Waals surface area contributed by atoms with E-state index in [-0.39, 0.29) is 24.4 Å². The van der Waals surface area contributed by atoms with E-state index in [1.165, 1.54) is 4.90 Å². The first-order chi connectivity index (χ1) is 16.4. The van der Waals surface area contributed by atoms with Gasteiger partial charge in [-0.3, -0.25) is 9.59 Å². The second kappa shape index (κ2) is 11.9. The number of rotatable bonds is 10. The Bertz CT molecular complexity index is 1120. The van der Waals surface area contributed by atoms with Crippen molar-refractivity contribution in [3.8, 4) is 5.75 Å². The van der Waals surface area contributed by atoms with Gasteiger partial charge in [0, 0.05) is 30.4 Å². The van der Waals surface area contributed by atoms with Gasteiger partial charge in [-0.15, -0.1) is 0 Å². The van der Waals surface area contributed by atoms with Crippen LogP contribution in [-0.4, -0.2) is 36.9 Å². The number of hydrogen-bond acceptors (Lipinski definition) is 4. The van der Waals surface area contributed by atoms with E-state index in [1.807, 2.05) is 18.2 Å². The maximum absolute atomic E-state index is 13.6. The van der Waals surface area contributed by atoms with Crippen LogP contribution in [-0.2, 0) is 17.8 Å². The molecule has 3 aromatic carbocycles. The lowest BCUT2D eigenvalue weighted by Gasteiger charge is -2.23. The maximum atomic E-state index is 13.6. The third kappa shape index (κ3) is 7.11. The summed E-state index contributed by atoms with van der Waals surface area (Å²) in [7, 11) is 1.58. The molecule has 0 aromatic heterocycles. The summed E-state index contributed by atoms with van der Waals surface area (Å²) in [5, 5.41) is 2.86. The average molecular weight is 468 g/mol. The number of methoxy groups -OCH3 is 1. The molecule has 3 aromatic rings. The van der Waals surface area contributed by atoms with Gasteiger partial charge < -0.3 is 20.7 Å². The normalized spacial score (nSPS) is 10.6. The second-order valence-electron chi connectivity index (χ2n) is 7.80. The van der Waals surface area contributed by atoms with Crippen LogP contribution in [0.4, 0.5) is 14.5 Å². The van der Waals surface area contributed by atoms with Gasteiger partial charge in [0.05, 0.1) is 13.5 Å². The standard InChI is InChI=1S/C26H27F2N3O3/c1-34-24-8-6-18(7-9-24)13-25(32)30-23-5-2-4-19(12-23)17-31(11-3-10-29)26(33)20-14-21(27)16-22(28)15-20/h2,4-9,12,14-16H,3,10-11,13,17,29H2,1H3,(H,30,32). The highest BCUT2D eigenvalue weighted by Gasteiger charge is 2.18. The number of halogens is 2. The topological polar surface area (TPSA) is 84.7 Å². The van der Waals surface area contributed by atoms with Crippen LogP contribution in [0.25, 0.3) is 0 Å². The van der Waals surface area contributed by atoms with Crippen molar-refractivity contribution >= 4 is 17.5 Å². The molecule has 0 aliphatic heterocycles. The van der Waals surface area contributed by atoms with E-state index in [0.717, 1.165) is 29.3 Å². The lowest BCUT2D eigenvalue weighted by Crippen LogP contribution is -2.32. The minimum absolute atomic E-state index is 0.0709. The van der Waals surface area contributed by atoms with Crippen molar-refractivity contribution < 1.29 is 23.1 Å². The molecule has 0 radical (unpaired) electrons. The van der Waals surface area contributed by atoms with Gasteiger partial charge in [0.15, 0.2) is 0 Å². The van der Waals surface area contributed by atoms with Crippen molar-refractivity contribution in [2.75, 3.05) is 25.5 Å². The molecule has 3 rings (SSSR count). The summed E-state index contributed by atoms with van der Waals surface area (Å²) in [6, 6.07) is 17.1. The summed E-state index contributed by atoms with van der Waals surface area (Å²) in [4.78, 5) is 26.9. The molecule has 0 aliphatic rings. The zero-order chi connectivity index (χ0) is 24.5. The lowest BCUT2D eigenvalue weighted by atomic mass is 10.1. The molecule has 0 spiro atoms. The lowest BCUT2D eigenvalue weighted by molar-refractivity contribution is -0.115. The first-order valence-electron chi connectivity index (χ1n) is 10.8. The van der Waals surface area contributed by atoms with E-state index in [1.54, 1.807) is 37.4 Å². The SMILES string of the molecule is COc1ccc(CC(=O)Nc2cccc(CN(CCCN)C(=O)c3cc(F)cc(F)c3)c2)cc1. The molecule has 0 saturated carbocycles. The minimum atomic E-state index is -0.816. The predicted molar refractivity (Wildman–Crippen MR) is 127 cm³/mol. The molecule has 0 saturated heterocycles. The van der Waals surface area contributed by atoms with E-state index < -0.39 is 17.5 Å². The summed E-state index contributed by atoms with van der Waals surface area (Å²) < 4.78 is 32.4. The Morgan fingerprint density at radius 2 is 1.68 bits per heavy atom. The molecule has 6 nitrogen and oxygen atoms in total. The molecule has 178 valence electrons. The molecule has 2 amide bonds. The summed E-state index contributed by atoms with van der Waals surface area (Å²) in [5.74, 6) is -1.60. The molecular weight excluding hydrogens is 440 g/mol. The maximum Gasteiger partial charge on any atom is 0.254 e. The Kier molecular flexibility index (Phi) is 8.70. The van der Waals surface area contributed by atoms with E-state index in [9.17, 15) is 18.4 Å². The Labute approximate surface area is 197 Å². The summed E-state index contributed by atoms with van der Waals surface area (Å²) in [5.41, 5.74) is 7.71. The summed E-state index contributed by atoms with van der Waals surface area (Å²) >= 11 is 0. The van der Waals surface area contributed by atoms with Crippen LogP contribution in [0.5, 0.6) is 5.75 Å². The molecule has 0 aliphatic carbocycles. The Morgan fingerprint density at radius 1 is 0.971 bits per heavy atom. The number of nitrogens with zero attached hydrogens (tertiary/aromatic N) is 1. The van der Waals surface area contributed by atoms with Crippen molar-refractivity contribution in [1.82, 2.24) is 4.90 Å². The average Bonchev–Trinajstić information content (AvgIpc) is 2.81. The minimum Gasteiger partial charge on any atom is -0.497 e. The van der Waals surface area contributed by atoms with Gasteiger partial charge in [-0.05, 0) is 60.5 Å². The number of anilines is 1. The van der Waals surface area contributed by atoms with Gasteiger partial charge in [-0.25, -0.2) is 8.78 Å². The predicted octanol–water partition coefficient (Wildman–Crippen LogP) is 4.15. The molecule has 3 N–H and O–H groups in total. The van der Waals surface area contributed by atoms with Gasteiger partial charge in [0.1, 0.15) is 17.4 Å². The molecular formula is C26H27F2N3O3. The fraction of sp³-hybridized carbons (Fsp3) is 0.231. The van der Waals surface area contributed by atoms with Crippen LogP contribution in [0.1, 0.15) is 27.9 Å². The summed E-state index contributed by atoms with van der Waals surface area (Å²) in [6.07, 6.45) is 0.724. The number of carbonyl (C=O) groups excluding carboxylic acids is 2. The second-order valence-corrected chi connectivity index (χ2v) is 7.80. The van der Waals surface area contributed by atoms with Crippen molar-refractivity contribution in [2.45, 2.75) is 19.4 Å². The van der Waals surface area contributed by atoms with E-state index in [0.29, 0.717) is 30.9 Å². The molecule has 0 fully saturated rings. The molecule has 0 heterocycles. The monoisotopic (exact) mass is 467 g/mol. The van der Waals surface area contributed by atoms with Crippen molar-refractivity contribution in [3.63, 3.8) is 0 Å². The fourth-order valence-corrected chi connectivity index (χ4v) is 3.50. The highest BCUT2D eigenvalue weighted by atomic mass is 19.1. The largest absolute Gasteiger partial charge is 0.497 e.